The van der Waals surface area contributed by atoms with Crippen LogP contribution in [0.2, 0.25) is 0 Å². The van der Waals surface area contributed by atoms with Gasteiger partial charge in [0.05, 0.1) is 5.69 Å². The predicted molar refractivity (Wildman–Crippen MR) is 71.3 cm³/mol. The van der Waals surface area contributed by atoms with E-state index in [1.165, 1.54) is 11.1 Å². The lowest BCUT2D eigenvalue weighted by Crippen LogP contribution is -1.99. The largest absolute Gasteiger partial charge is 0.506 e. The summed E-state index contributed by atoms with van der Waals surface area (Å²) >= 11 is 0. The van der Waals surface area contributed by atoms with E-state index in [1.54, 1.807) is 6.07 Å². The minimum atomic E-state index is 0.291. The zero-order valence-electron chi connectivity index (χ0n) is 9.98. The van der Waals surface area contributed by atoms with Crippen LogP contribution in [0.3, 0.4) is 0 Å². The molecule has 88 valence electrons. The number of phenolic OH excluding ortho intramolecular Hbond substituents is 1. The molecule has 0 radical (unpaired) electrons. The Hall–Kier alpha value is -1.96. The second-order valence-electron chi connectivity index (χ2n) is 4.04. The molecule has 0 bridgehead atoms. The van der Waals surface area contributed by atoms with Crippen LogP contribution in [0.1, 0.15) is 18.1 Å². The first-order valence-electron chi connectivity index (χ1n) is 5.89. The van der Waals surface area contributed by atoms with Gasteiger partial charge >= 0.3 is 0 Å². The molecular weight excluding hydrogens is 210 g/mol. The quantitative estimate of drug-likeness (QED) is 0.783. The number of nitrogens with one attached hydrogen (secondary N) is 1. The zero-order valence-corrected chi connectivity index (χ0v) is 9.98. The van der Waals surface area contributed by atoms with E-state index in [2.05, 4.69) is 36.5 Å². The van der Waals surface area contributed by atoms with Crippen molar-refractivity contribution in [3.8, 4) is 5.75 Å². The Kier molecular flexibility index (Phi) is 3.66. The summed E-state index contributed by atoms with van der Waals surface area (Å²) in [5, 5.41) is 12.9. The molecule has 0 aliphatic carbocycles. The molecule has 0 fully saturated rings. The molecule has 2 heteroatoms. The smallest absolute Gasteiger partial charge is 0.138 e. The first-order valence-corrected chi connectivity index (χ1v) is 5.89. The molecule has 0 atom stereocenters. The average molecular weight is 227 g/mol. The van der Waals surface area contributed by atoms with Gasteiger partial charge in [-0.1, -0.05) is 43.3 Å². The van der Waals surface area contributed by atoms with Crippen molar-refractivity contribution in [1.82, 2.24) is 0 Å². The van der Waals surface area contributed by atoms with Crippen molar-refractivity contribution in [3.63, 3.8) is 0 Å². The van der Waals surface area contributed by atoms with E-state index < -0.39 is 0 Å². The second kappa shape index (κ2) is 5.39. The van der Waals surface area contributed by atoms with Gasteiger partial charge in [0.15, 0.2) is 0 Å². The molecule has 17 heavy (non-hydrogen) atoms. The van der Waals surface area contributed by atoms with Crippen LogP contribution in [0.25, 0.3) is 0 Å². The van der Waals surface area contributed by atoms with E-state index >= 15 is 0 Å². The number of hydrogen-bond donors (Lipinski definition) is 2. The average Bonchev–Trinajstić information content (AvgIpc) is 2.38. The van der Waals surface area contributed by atoms with Crippen molar-refractivity contribution >= 4 is 5.69 Å². The van der Waals surface area contributed by atoms with Gasteiger partial charge < -0.3 is 10.4 Å². The fraction of sp³-hybridized carbons (Fsp3) is 0.200. The Labute approximate surface area is 102 Å². The maximum absolute atomic E-state index is 9.63. The summed E-state index contributed by atoms with van der Waals surface area (Å²) in [6, 6.07) is 15.8. The van der Waals surface area contributed by atoms with E-state index in [0.717, 1.165) is 18.7 Å². The van der Waals surface area contributed by atoms with Crippen LogP contribution in [-0.2, 0) is 13.0 Å². The van der Waals surface area contributed by atoms with Gasteiger partial charge in [-0.3, -0.25) is 0 Å². The Morgan fingerprint density at radius 2 is 1.76 bits per heavy atom. The number of aromatic hydroxyl groups is 1. The van der Waals surface area contributed by atoms with Crippen LogP contribution in [0, 0.1) is 0 Å². The third-order valence-corrected chi connectivity index (χ3v) is 2.79. The topological polar surface area (TPSA) is 32.3 Å². The summed E-state index contributed by atoms with van der Waals surface area (Å²) in [7, 11) is 0. The van der Waals surface area contributed by atoms with Gasteiger partial charge in [-0.15, -0.1) is 0 Å². The molecule has 0 saturated carbocycles. The number of phenols is 1. The molecular formula is C15H17NO. The summed E-state index contributed by atoms with van der Waals surface area (Å²) in [6.07, 6.45) is 1.05. The van der Waals surface area contributed by atoms with E-state index in [-0.39, 0.29) is 0 Å². The molecule has 0 aliphatic rings. The van der Waals surface area contributed by atoms with E-state index in [9.17, 15) is 5.11 Å². The summed E-state index contributed by atoms with van der Waals surface area (Å²) in [5.41, 5.74) is 3.34. The summed E-state index contributed by atoms with van der Waals surface area (Å²) < 4.78 is 0. The minimum absolute atomic E-state index is 0.291. The van der Waals surface area contributed by atoms with E-state index in [0.29, 0.717) is 5.75 Å². The summed E-state index contributed by atoms with van der Waals surface area (Å²) in [4.78, 5) is 0. The maximum Gasteiger partial charge on any atom is 0.138 e. The van der Waals surface area contributed by atoms with Crippen LogP contribution in [0.4, 0.5) is 5.69 Å². The first kappa shape index (κ1) is 11.5. The first-order chi connectivity index (χ1) is 8.29. The molecule has 0 unspecified atom stereocenters. The second-order valence-corrected chi connectivity index (χ2v) is 4.04. The van der Waals surface area contributed by atoms with Crippen molar-refractivity contribution in [2.75, 3.05) is 5.32 Å². The van der Waals surface area contributed by atoms with Crippen LogP contribution in [0.15, 0.2) is 48.5 Å². The monoisotopic (exact) mass is 227 g/mol. The highest BCUT2D eigenvalue weighted by molar-refractivity contribution is 5.55. The molecule has 0 spiro atoms. The molecule has 2 aromatic rings. The van der Waals surface area contributed by atoms with Gasteiger partial charge in [0.1, 0.15) is 5.75 Å². The lowest BCUT2D eigenvalue weighted by Gasteiger charge is -2.09. The van der Waals surface area contributed by atoms with Crippen LogP contribution in [-0.4, -0.2) is 5.11 Å². The lowest BCUT2D eigenvalue weighted by molar-refractivity contribution is 0.477. The molecule has 0 aliphatic heterocycles. The fourth-order valence-corrected chi connectivity index (χ4v) is 1.78. The maximum atomic E-state index is 9.63. The number of para-hydroxylation sites is 2. The Morgan fingerprint density at radius 3 is 2.53 bits per heavy atom. The highest BCUT2D eigenvalue weighted by atomic mass is 16.3. The van der Waals surface area contributed by atoms with E-state index in [1.807, 2.05) is 18.2 Å². The Bertz CT molecular complexity index is 494. The van der Waals surface area contributed by atoms with Crippen LogP contribution in [0.5, 0.6) is 5.75 Å². The predicted octanol–water partition coefficient (Wildman–Crippen LogP) is 3.57. The number of anilines is 1. The molecule has 0 heterocycles. The van der Waals surface area contributed by atoms with Crippen molar-refractivity contribution in [2.24, 2.45) is 0 Å². The molecule has 0 amide bonds. The fourth-order valence-electron chi connectivity index (χ4n) is 1.78. The van der Waals surface area contributed by atoms with Crippen molar-refractivity contribution in [3.05, 3.63) is 59.7 Å². The summed E-state index contributed by atoms with van der Waals surface area (Å²) in [5.74, 6) is 0.291. The molecule has 2 nitrogen and oxygen atoms in total. The van der Waals surface area contributed by atoms with Gasteiger partial charge in [0.25, 0.3) is 0 Å². The van der Waals surface area contributed by atoms with Gasteiger partial charge in [-0.2, -0.15) is 0 Å². The van der Waals surface area contributed by atoms with Crippen molar-refractivity contribution in [1.29, 1.82) is 0 Å². The van der Waals surface area contributed by atoms with E-state index in [4.69, 9.17) is 0 Å². The number of benzene rings is 2. The lowest BCUT2D eigenvalue weighted by atomic mass is 10.1. The highest BCUT2D eigenvalue weighted by Gasteiger charge is 1.99. The molecule has 0 aromatic heterocycles. The minimum Gasteiger partial charge on any atom is -0.506 e. The molecule has 2 aromatic carbocycles. The summed E-state index contributed by atoms with van der Waals surface area (Å²) in [6.45, 7) is 2.88. The van der Waals surface area contributed by atoms with Gasteiger partial charge in [0.2, 0.25) is 0 Å². The van der Waals surface area contributed by atoms with Gasteiger partial charge in [-0.25, -0.2) is 0 Å². The van der Waals surface area contributed by atoms with Gasteiger partial charge in [0, 0.05) is 6.54 Å². The molecule has 0 saturated heterocycles. The van der Waals surface area contributed by atoms with Crippen molar-refractivity contribution in [2.45, 2.75) is 19.9 Å². The standard InChI is InChI=1S/C15H17NO/c1-2-12-6-5-7-13(10-12)11-16-14-8-3-4-9-15(14)17/h3-10,16-17H,2,11H2,1H3. The Morgan fingerprint density at radius 1 is 1.00 bits per heavy atom. The number of hydrogen-bond acceptors (Lipinski definition) is 2. The number of rotatable bonds is 4. The SMILES string of the molecule is CCc1cccc(CNc2ccccc2O)c1. The normalized spacial score (nSPS) is 10.2. The highest BCUT2D eigenvalue weighted by Crippen LogP contribution is 2.22. The third kappa shape index (κ3) is 3.00. The molecule has 2 N–H and O–H groups in total. The zero-order chi connectivity index (χ0) is 12.1. The van der Waals surface area contributed by atoms with Crippen molar-refractivity contribution < 1.29 is 5.11 Å². The molecule has 2 rings (SSSR count). The van der Waals surface area contributed by atoms with Gasteiger partial charge in [-0.05, 0) is 29.7 Å². The van der Waals surface area contributed by atoms with Crippen LogP contribution < -0.4 is 5.32 Å². The van der Waals surface area contributed by atoms with Crippen LogP contribution >= 0.6 is 0 Å². The number of aryl methyl sites for hydroxylation is 1. The third-order valence-electron chi connectivity index (χ3n) is 2.79. The Balaban J connectivity index is 2.05.